The first-order chi connectivity index (χ1) is 6.33. The second-order valence-corrected chi connectivity index (χ2v) is 5.06. The van der Waals surface area contributed by atoms with E-state index in [0.717, 1.165) is 12.7 Å². The summed E-state index contributed by atoms with van der Waals surface area (Å²) in [5, 5.41) is 0. The molecule has 0 saturated carbocycles. The van der Waals surface area contributed by atoms with Crippen LogP contribution in [0.5, 0.6) is 0 Å². The predicted octanol–water partition coefficient (Wildman–Crippen LogP) is 2.22. The van der Waals surface area contributed by atoms with Crippen LogP contribution in [0.3, 0.4) is 0 Å². The minimum absolute atomic E-state index is 0.0274. The van der Waals surface area contributed by atoms with Gasteiger partial charge in [0.25, 0.3) is 0 Å². The molecule has 0 N–H and O–H groups in total. The van der Waals surface area contributed by atoms with E-state index < -0.39 is 0 Å². The van der Waals surface area contributed by atoms with Gasteiger partial charge in [0.1, 0.15) is 6.29 Å². The number of rotatable bonds is 4. The third kappa shape index (κ3) is 5.53. The Morgan fingerprint density at radius 1 is 1.14 bits per heavy atom. The SMILES string of the molecule is CC(C)(C=O)CC(C)(C)CC#CC=O. The van der Waals surface area contributed by atoms with Gasteiger partial charge in [0.15, 0.2) is 6.29 Å². The highest BCUT2D eigenvalue weighted by Crippen LogP contribution is 2.34. The van der Waals surface area contributed by atoms with Gasteiger partial charge in [0.2, 0.25) is 0 Å². The van der Waals surface area contributed by atoms with E-state index in [2.05, 4.69) is 25.7 Å². The molecule has 0 unspecified atom stereocenters. The molecule has 0 spiro atoms. The van der Waals surface area contributed by atoms with E-state index in [1.807, 2.05) is 13.8 Å². The molecule has 0 amide bonds. The molecular weight excluding hydrogens is 176 g/mol. The maximum Gasteiger partial charge on any atom is 0.192 e. The maximum atomic E-state index is 10.7. The Balaban J connectivity index is 4.33. The topological polar surface area (TPSA) is 34.1 Å². The van der Waals surface area contributed by atoms with Gasteiger partial charge < -0.3 is 4.79 Å². The van der Waals surface area contributed by atoms with Gasteiger partial charge >= 0.3 is 0 Å². The smallest absolute Gasteiger partial charge is 0.192 e. The van der Waals surface area contributed by atoms with Gasteiger partial charge in [-0.15, -0.1) is 0 Å². The van der Waals surface area contributed by atoms with E-state index in [4.69, 9.17) is 0 Å². The number of aldehydes is 2. The van der Waals surface area contributed by atoms with Gasteiger partial charge in [-0.3, -0.25) is 4.79 Å². The van der Waals surface area contributed by atoms with Crippen LogP contribution in [0.15, 0.2) is 0 Å². The first-order valence-corrected chi connectivity index (χ1v) is 4.71. The van der Waals surface area contributed by atoms with Crippen LogP contribution in [-0.4, -0.2) is 12.6 Å². The molecule has 78 valence electrons. The van der Waals surface area contributed by atoms with Gasteiger partial charge in [0, 0.05) is 11.8 Å². The van der Waals surface area contributed by atoms with Gasteiger partial charge in [-0.05, 0) is 17.8 Å². The molecule has 2 nitrogen and oxygen atoms in total. The molecule has 0 heterocycles. The van der Waals surface area contributed by atoms with E-state index in [1.165, 1.54) is 0 Å². The Hall–Kier alpha value is -1.10. The van der Waals surface area contributed by atoms with Crippen LogP contribution in [0, 0.1) is 22.7 Å². The Labute approximate surface area is 86.1 Å². The summed E-state index contributed by atoms with van der Waals surface area (Å²) in [6.07, 6.45) is 2.99. The molecule has 0 atom stereocenters. The highest BCUT2D eigenvalue weighted by atomic mass is 16.1. The Kier molecular flexibility index (Phi) is 4.56. The Bertz CT molecular complexity index is 264. The maximum absolute atomic E-state index is 10.7. The van der Waals surface area contributed by atoms with Crippen molar-refractivity contribution in [3.63, 3.8) is 0 Å². The highest BCUT2D eigenvalue weighted by molar-refractivity contribution is 5.72. The molecule has 0 aromatic heterocycles. The molecule has 0 aliphatic carbocycles. The first kappa shape index (κ1) is 12.9. The van der Waals surface area contributed by atoms with Gasteiger partial charge in [-0.2, -0.15) is 0 Å². The highest BCUT2D eigenvalue weighted by Gasteiger charge is 2.27. The summed E-state index contributed by atoms with van der Waals surface area (Å²) >= 11 is 0. The zero-order valence-electron chi connectivity index (χ0n) is 9.39. The van der Waals surface area contributed by atoms with Crippen LogP contribution in [0.1, 0.15) is 40.5 Å². The normalized spacial score (nSPS) is 11.4. The second kappa shape index (κ2) is 4.95. The van der Waals surface area contributed by atoms with Crippen LogP contribution < -0.4 is 0 Å². The Morgan fingerprint density at radius 3 is 2.14 bits per heavy atom. The fourth-order valence-electron chi connectivity index (χ4n) is 1.67. The minimum atomic E-state index is -0.313. The Morgan fingerprint density at radius 2 is 1.71 bits per heavy atom. The monoisotopic (exact) mass is 194 g/mol. The van der Waals surface area contributed by atoms with Crippen molar-refractivity contribution in [2.45, 2.75) is 40.5 Å². The molecule has 2 heteroatoms. The van der Waals surface area contributed by atoms with Gasteiger partial charge in [-0.1, -0.05) is 33.6 Å². The van der Waals surface area contributed by atoms with Crippen LogP contribution in [0.25, 0.3) is 0 Å². The lowest BCUT2D eigenvalue weighted by molar-refractivity contribution is -0.116. The molecule has 0 radical (unpaired) electrons. The van der Waals surface area contributed by atoms with Crippen LogP contribution in [-0.2, 0) is 9.59 Å². The molecular formula is C12H18O2. The summed E-state index contributed by atoms with van der Waals surface area (Å²) in [7, 11) is 0. The lowest BCUT2D eigenvalue weighted by Crippen LogP contribution is -2.23. The summed E-state index contributed by atoms with van der Waals surface area (Å²) in [6.45, 7) is 7.93. The van der Waals surface area contributed by atoms with Gasteiger partial charge in [0.05, 0.1) is 0 Å². The van der Waals surface area contributed by atoms with Crippen molar-refractivity contribution in [2.75, 3.05) is 0 Å². The number of hydrogen-bond donors (Lipinski definition) is 0. The minimum Gasteiger partial charge on any atom is -0.303 e. The van der Waals surface area contributed by atoms with Crippen LogP contribution in [0.4, 0.5) is 0 Å². The van der Waals surface area contributed by atoms with Crippen molar-refractivity contribution in [2.24, 2.45) is 10.8 Å². The number of carbonyl (C=O) groups is 2. The molecule has 0 aliphatic rings. The number of hydrogen-bond acceptors (Lipinski definition) is 2. The number of carbonyl (C=O) groups excluding carboxylic acids is 2. The predicted molar refractivity (Wildman–Crippen MR) is 56.7 cm³/mol. The quantitative estimate of drug-likeness (QED) is 0.508. The van der Waals surface area contributed by atoms with Gasteiger partial charge in [-0.25, -0.2) is 0 Å². The third-order valence-electron chi connectivity index (χ3n) is 1.98. The van der Waals surface area contributed by atoms with Crippen molar-refractivity contribution in [1.82, 2.24) is 0 Å². The first-order valence-electron chi connectivity index (χ1n) is 4.71. The average Bonchev–Trinajstić information content (AvgIpc) is 2.03. The van der Waals surface area contributed by atoms with Crippen molar-refractivity contribution in [3.05, 3.63) is 0 Å². The molecule has 0 fully saturated rings. The van der Waals surface area contributed by atoms with Crippen molar-refractivity contribution in [1.29, 1.82) is 0 Å². The summed E-state index contributed by atoms with van der Waals surface area (Å²) in [6, 6.07) is 0. The molecule has 0 saturated heterocycles. The largest absolute Gasteiger partial charge is 0.303 e. The summed E-state index contributed by atoms with van der Waals surface area (Å²) < 4.78 is 0. The zero-order chi connectivity index (χ0) is 11.2. The van der Waals surface area contributed by atoms with E-state index in [1.54, 1.807) is 0 Å². The lowest BCUT2D eigenvalue weighted by atomic mass is 9.74. The van der Waals surface area contributed by atoms with E-state index >= 15 is 0 Å². The molecule has 0 aromatic carbocycles. The third-order valence-corrected chi connectivity index (χ3v) is 1.98. The summed E-state index contributed by atoms with van der Waals surface area (Å²) in [4.78, 5) is 20.7. The second-order valence-electron chi connectivity index (χ2n) is 5.06. The van der Waals surface area contributed by atoms with Crippen molar-refractivity contribution >= 4 is 12.6 Å². The van der Waals surface area contributed by atoms with E-state index in [-0.39, 0.29) is 10.8 Å². The molecule has 0 aliphatic heterocycles. The fraction of sp³-hybridized carbons (Fsp3) is 0.667. The van der Waals surface area contributed by atoms with E-state index in [9.17, 15) is 9.59 Å². The summed E-state index contributed by atoms with van der Waals surface area (Å²) in [5.41, 5.74) is -0.340. The van der Waals surface area contributed by atoms with E-state index in [0.29, 0.717) is 12.7 Å². The molecule has 0 bridgehead atoms. The summed E-state index contributed by atoms with van der Waals surface area (Å²) in [5.74, 6) is 5.18. The lowest BCUT2D eigenvalue weighted by Gasteiger charge is -2.29. The molecule has 0 rings (SSSR count). The average molecular weight is 194 g/mol. The zero-order valence-corrected chi connectivity index (χ0v) is 9.39. The fourth-order valence-corrected chi connectivity index (χ4v) is 1.67. The molecule has 14 heavy (non-hydrogen) atoms. The molecule has 0 aromatic rings. The van der Waals surface area contributed by atoms with Crippen molar-refractivity contribution in [3.8, 4) is 11.8 Å². The van der Waals surface area contributed by atoms with Crippen LogP contribution >= 0.6 is 0 Å². The standard InChI is InChI=1S/C12H18O2/c1-11(2,7-5-6-8-13)9-12(3,4)10-14/h8,10H,7,9H2,1-4H3. The van der Waals surface area contributed by atoms with Crippen LogP contribution in [0.2, 0.25) is 0 Å². The van der Waals surface area contributed by atoms with Crippen molar-refractivity contribution < 1.29 is 9.59 Å².